The molecular weight excluding hydrogens is 369 g/mol. The number of halogens is 1. The monoisotopic (exact) mass is 395 g/mol. The Morgan fingerprint density at radius 3 is 2.81 bits per heavy atom. The van der Waals surface area contributed by atoms with E-state index < -0.39 is 5.82 Å². The first kappa shape index (κ1) is 21.3. The average molecular weight is 395 g/mol. The van der Waals surface area contributed by atoms with Gasteiger partial charge in [0.1, 0.15) is 0 Å². The molecule has 2 rings (SSSR count). The van der Waals surface area contributed by atoms with E-state index in [0.29, 0.717) is 18.6 Å². The van der Waals surface area contributed by atoms with Crippen LogP contribution in [0.3, 0.4) is 0 Å². The largest absolute Gasteiger partial charge is 0.494 e. The number of nitrogens with zero attached hydrogens (tertiary/aromatic N) is 1. The van der Waals surface area contributed by atoms with E-state index >= 15 is 0 Å². The van der Waals surface area contributed by atoms with E-state index in [-0.39, 0.29) is 30.2 Å². The number of methoxy groups -OCH3 is 1. The Bertz CT molecular complexity index is 747. The average Bonchev–Trinajstić information content (AvgIpc) is 3.08. The van der Waals surface area contributed by atoms with Crippen molar-refractivity contribution in [2.75, 3.05) is 13.7 Å². The van der Waals surface area contributed by atoms with Crippen LogP contribution in [0, 0.1) is 5.82 Å². The molecule has 0 saturated heterocycles. The van der Waals surface area contributed by atoms with Crippen LogP contribution in [0.15, 0.2) is 23.6 Å². The molecule has 0 saturated carbocycles. The lowest BCUT2D eigenvalue weighted by Crippen LogP contribution is -2.12. The van der Waals surface area contributed by atoms with E-state index in [9.17, 15) is 14.3 Å². The summed E-state index contributed by atoms with van der Waals surface area (Å²) in [5, 5.41) is 12.2. The molecule has 7 heteroatoms. The number of aliphatic hydroxyl groups excluding tert-OH is 1. The lowest BCUT2D eigenvalue weighted by atomic mass is 9.93. The van der Waals surface area contributed by atoms with Crippen LogP contribution >= 0.6 is 11.3 Å². The lowest BCUT2D eigenvalue weighted by Gasteiger charge is -2.15. The van der Waals surface area contributed by atoms with Gasteiger partial charge in [-0.1, -0.05) is 6.07 Å². The summed E-state index contributed by atoms with van der Waals surface area (Å²) in [5.41, 5.74) is 1.38. The minimum atomic E-state index is -0.476. The van der Waals surface area contributed by atoms with Crippen molar-refractivity contribution in [3.63, 3.8) is 0 Å². The summed E-state index contributed by atoms with van der Waals surface area (Å²) in [7, 11) is 1.41. The summed E-state index contributed by atoms with van der Waals surface area (Å²) in [6.45, 7) is 3.81. The predicted octanol–water partition coefficient (Wildman–Crippen LogP) is 4.08. The second kappa shape index (κ2) is 10.4. The van der Waals surface area contributed by atoms with Gasteiger partial charge in [0.15, 0.2) is 11.6 Å². The first-order valence-electron chi connectivity index (χ1n) is 9.06. The zero-order chi connectivity index (χ0) is 19.8. The van der Waals surface area contributed by atoms with Crippen molar-refractivity contribution in [2.45, 2.75) is 51.6 Å². The summed E-state index contributed by atoms with van der Waals surface area (Å²) in [4.78, 5) is 16.7. The molecular formula is C20H26FNO4S. The molecule has 2 aromatic rings. The molecule has 2 atom stereocenters. The molecule has 148 valence electrons. The van der Waals surface area contributed by atoms with Crippen LogP contribution in [-0.4, -0.2) is 35.9 Å². The Hall–Kier alpha value is -1.99. The van der Waals surface area contributed by atoms with Crippen molar-refractivity contribution in [1.29, 1.82) is 0 Å². The van der Waals surface area contributed by atoms with Gasteiger partial charge in [-0.3, -0.25) is 4.79 Å². The molecule has 1 N–H and O–H groups in total. The van der Waals surface area contributed by atoms with Crippen molar-refractivity contribution in [2.24, 2.45) is 0 Å². The van der Waals surface area contributed by atoms with Crippen LogP contribution in [0.5, 0.6) is 5.75 Å². The highest BCUT2D eigenvalue weighted by atomic mass is 32.1. The number of rotatable bonds is 10. The number of carbonyl (C=O) groups excluding carboxylic acids is 1. The third-order valence-corrected chi connectivity index (χ3v) is 5.12. The van der Waals surface area contributed by atoms with E-state index in [1.165, 1.54) is 24.5 Å². The molecule has 1 aromatic heterocycles. The number of hydrogen-bond acceptors (Lipinski definition) is 6. The van der Waals surface area contributed by atoms with Gasteiger partial charge < -0.3 is 14.6 Å². The normalized spacial score (nSPS) is 13.2. The zero-order valence-electron chi connectivity index (χ0n) is 15.9. The summed E-state index contributed by atoms with van der Waals surface area (Å²) in [6.07, 6.45) is 2.08. The minimum absolute atomic E-state index is 0.0937. The van der Waals surface area contributed by atoms with Crippen molar-refractivity contribution in [3.05, 3.63) is 45.7 Å². The van der Waals surface area contributed by atoms with E-state index in [4.69, 9.17) is 9.47 Å². The Morgan fingerprint density at radius 2 is 2.19 bits per heavy atom. The van der Waals surface area contributed by atoms with E-state index in [1.54, 1.807) is 26.0 Å². The molecule has 0 radical (unpaired) electrons. The maximum atomic E-state index is 14.2. The van der Waals surface area contributed by atoms with Crippen LogP contribution in [0.2, 0.25) is 0 Å². The number of thiazole rings is 1. The molecule has 27 heavy (non-hydrogen) atoms. The molecule has 0 amide bonds. The summed E-state index contributed by atoms with van der Waals surface area (Å²) in [6, 6.07) is 4.69. The predicted molar refractivity (Wildman–Crippen MR) is 103 cm³/mol. The highest BCUT2D eigenvalue weighted by molar-refractivity contribution is 7.09. The van der Waals surface area contributed by atoms with Crippen molar-refractivity contribution in [1.82, 2.24) is 4.98 Å². The Kier molecular flexibility index (Phi) is 8.19. The maximum Gasteiger partial charge on any atom is 0.306 e. The number of aliphatic hydroxyl groups is 1. The van der Waals surface area contributed by atoms with Gasteiger partial charge in [0.05, 0.1) is 36.9 Å². The molecule has 0 bridgehead atoms. The lowest BCUT2D eigenvalue weighted by molar-refractivity contribution is -0.143. The first-order chi connectivity index (χ1) is 12.9. The van der Waals surface area contributed by atoms with E-state index in [0.717, 1.165) is 23.5 Å². The number of ether oxygens (including phenoxy) is 2. The third kappa shape index (κ3) is 6.29. The molecule has 0 fully saturated rings. The van der Waals surface area contributed by atoms with Crippen molar-refractivity contribution >= 4 is 17.3 Å². The summed E-state index contributed by atoms with van der Waals surface area (Å²) < 4.78 is 24.2. The van der Waals surface area contributed by atoms with Crippen LogP contribution in [0.1, 0.15) is 55.3 Å². The number of carbonyl (C=O) groups is 1. The molecule has 0 aliphatic carbocycles. The molecule has 1 aromatic carbocycles. The third-order valence-electron chi connectivity index (χ3n) is 4.19. The molecule has 0 spiro atoms. The van der Waals surface area contributed by atoms with Gasteiger partial charge in [-0.15, -0.1) is 11.3 Å². The quantitative estimate of drug-likeness (QED) is 0.614. The SMILES string of the molecule is CCOC(=O)CC(c1ccc(OC)c(F)c1)c1csc(CCCC(C)O)n1. The highest BCUT2D eigenvalue weighted by Gasteiger charge is 2.23. The van der Waals surface area contributed by atoms with E-state index in [1.807, 2.05) is 5.38 Å². The second-order valence-electron chi connectivity index (χ2n) is 6.36. The smallest absolute Gasteiger partial charge is 0.306 e. The molecule has 0 aliphatic rings. The summed E-state index contributed by atoms with van der Waals surface area (Å²) >= 11 is 1.51. The van der Waals surface area contributed by atoms with Crippen molar-refractivity contribution in [3.8, 4) is 5.75 Å². The van der Waals surface area contributed by atoms with Gasteiger partial charge in [-0.25, -0.2) is 9.37 Å². The van der Waals surface area contributed by atoms with E-state index in [2.05, 4.69) is 4.98 Å². The van der Waals surface area contributed by atoms with Gasteiger partial charge in [0.25, 0.3) is 0 Å². The first-order valence-corrected chi connectivity index (χ1v) is 9.94. The van der Waals surface area contributed by atoms with Crippen molar-refractivity contribution < 1.29 is 23.8 Å². The second-order valence-corrected chi connectivity index (χ2v) is 7.31. The fourth-order valence-electron chi connectivity index (χ4n) is 2.83. The van der Waals surface area contributed by atoms with Gasteiger partial charge in [-0.05, 0) is 50.8 Å². The Labute approximate surface area is 163 Å². The van der Waals surface area contributed by atoms with Crippen LogP contribution < -0.4 is 4.74 Å². The zero-order valence-corrected chi connectivity index (χ0v) is 16.7. The van der Waals surface area contributed by atoms with Crippen LogP contribution in [-0.2, 0) is 16.0 Å². The number of aromatic nitrogens is 1. The standard InChI is InChI=1S/C20H26FNO4S/c1-4-26-20(24)11-15(14-8-9-18(25-3)16(21)10-14)17-12-27-19(22-17)7-5-6-13(2)23/h8-10,12-13,15,23H,4-7,11H2,1-3H3. The van der Waals surface area contributed by atoms with Crippen LogP contribution in [0.4, 0.5) is 4.39 Å². The molecule has 5 nitrogen and oxygen atoms in total. The highest BCUT2D eigenvalue weighted by Crippen LogP contribution is 2.32. The van der Waals surface area contributed by atoms with Gasteiger partial charge in [-0.2, -0.15) is 0 Å². The van der Waals surface area contributed by atoms with Gasteiger partial charge in [0, 0.05) is 11.3 Å². The number of esters is 1. The minimum Gasteiger partial charge on any atom is -0.494 e. The molecule has 0 aliphatic heterocycles. The molecule has 2 unspecified atom stereocenters. The maximum absolute atomic E-state index is 14.2. The van der Waals surface area contributed by atoms with Crippen LogP contribution in [0.25, 0.3) is 0 Å². The van der Waals surface area contributed by atoms with Gasteiger partial charge >= 0.3 is 5.97 Å². The number of hydrogen-bond donors (Lipinski definition) is 1. The van der Waals surface area contributed by atoms with Gasteiger partial charge in [0.2, 0.25) is 0 Å². The Balaban J connectivity index is 2.23. The number of aryl methyl sites for hydroxylation is 1. The topological polar surface area (TPSA) is 68.7 Å². The summed E-state index contributed by atoms with van der Waals surface area (Å²) in [5.74, 6) is -1.05. The Morgan fingerprint density at radius 1 is 1.41 bits per heavy atom. The fourth-order valence-corrected chi connectivity index (χ4v) is 3.72. The fraction of sp³-hybridized carbons (Fsp3) is 0.500. The number of benzene rings is 1. The molecule has 1 heterocycles.